The van der Waals surface area contributed by atoms with Crippen molar-refractivity contribution in [3.05, 3.63) is 82.8 Å². The zero-order valence-electron chi connectivity index (χ0n) is 18.4. The lowest BCUT2D eigenvalue weighted by Crippen LogP contribution is -2.13. The predicted molar refractivity (Wildman–Crippen MR) is 124 cm³/mol. The van der Waals surface area contributed by atoms with Crippen molar-refractivity contribution >= 4 is 22.9 Å². The summed E-state index contributed by atoms with van der Waals surface area (Å²) < 4.78 is 2.18. The molecule has 0 radical (unpaired) electrons. The third-order valence-corrected chi connectivity index (χ3v) is 5.55. The first-order chi connectivity index (χ1) is 15.4. The SMILES string of the molecule is CCCc1nc2c(C)cc(C)nc2n1Cc1ccc(-c2ccccc2C(=O)C(=O)O)cc1. The molecule has 0 saturated carbocycles. The van der Waals surface area contributed by atoms with E-state index in [1.807, 2.05) is 31.2 Å². The fraction of sp³-hybridized carbons (Fsp3) is 0.231. The molecule has 162 valence electrons. The molecule has 6 heteroatoms. The number of ketones is 1. The molecule has 0 amide bonds. The van der Waals surface area contributed by atoms with Gasteiger partial charge in [-0.15, -0.1) is 0 Å². The summed E-state index contributed by atoms with van der Waals surface area (Å²) in [7, 11) is 0. The monoisotopic (exact) mass is 427 g/mol. The molecule has 4 aromatic rings. The number of pyridine rings is 1. The average molecular weight is 428 g/mol. The number of carbonyl (C=O) groups is 2. The average Bonchev–Trinajstić information content (AvgIpc) is 3.11. The van der Waals surface area contributed by atoms with Gasteiger partial charge in [-0.3, -0.25) is 4.79 Å². The Morgan fingerprint density at radius 3 is 2.41 bits per heavy atom. The van der Waals surface area contributed by atoms with E-state index >= 15 is 0 Å². The molecule has 4 rings (SSSR count). The largest absolute Gasteiger partial charge is 0.475 e. The third kappa shape index (κ3) is 4.04. The molecule has 2 aromatic carbocycles. The summed E-state index contributed by atoms with van der Waals surface area (Å²) >= 11 is 0. The van der Waals surface area contributed by atoms with Crippen LogP contribution in [0.15, 0.2) is 54.6 Å². The Hall–Kier alpha value is -3.80. The second-order valence-electron chi connectivity index (χ2n) is 7.99. The fourth-order valence-electron chi connectivity index (χ4n) is 4.05. The first-order valence-electron chi connectivity index (χ1n) is 10.7. The molecule has 0 unspecified atom stereocenters. The summed E-state index contributed by atoms with van der Waals surface area (Å²) in [6, 6.07) is 16.7. The molecule has 0 atom stereocenters. The minimum Gasteiger partial charge on any atom is -0.475 e. The molecule has 0 fully saturated rings. The van der Waals surface area contributed by atoms with Crippen LogP contribution in [-0.2, 0) is 17.8 Å². The van der Waals surface area contributed by atoms with Crippen LogP contribution in [0.3, 0.4) is 0 Å². The van der Waals surface area contributed by atoms with Crippen molar-refractivity contribution in [2.45, 2.75) is 40.2 Å². The van der Waals surface area contributed by atoms with Gasteiger partial charge >= 0.3 is 5.97 Å². The van der Waals surface area contributed by atoms with Crippen molar-refractivity contribution in [2.75, 3.05) is 0 Å². The second kappa shape index (κ2) is 8.75. The zero-order chi connectivity index (χ0) is 22.8. The number of Topliss-reactive ketones (excluding diaryl/α,β-unsaturated/α-hetero) is 1. The quantitative estimate of drug-likeness (QED) is 0.332. The van der Waals surface area contributed by atoms with Gasteiger partial charge in [0.25, 0.3) is 5.78 Å². The van der Waals surface area contributed by atoms with E-state index in [0.29, 0.717) is 12.1 Å². The summed E-state index contributed by atoms with van der Waals surface area (Å²) in [6.07, 6.45) is 1.87. The highest BCUT2D eigenvalue weighted by Crippen LogP contribution is 2.26. The van der Waals surface area contributed by atoms with E-state index in [4.69, 9.17) is 15.1 Å². The summed E-state index contributed by atoms with van der Waals surface area (Å²) in [5, 5.41) is 9.13. The normalized spacial score (nSPS) is 11.1. The molecular weight excluding hydrogens is 402 g/mol. The number of aryl methyl sites for hydroxylation is 3. The lowest BCUT2D eigenvalue weighted by atomic mass is 9.96. The van der Waals surface area contributed by atoms with Crippen LogP contribution in [0.2, 0.25) is 0 Å². The van der Waals surface area contributed by atoms with Gasteiger partial charge in [0.1, 0.15) is 11.3 Å². The van der Waals surface area contributed by atoms with Gasteiger partial charge in [0.05, 0.1) is 6.54 Å². The molecule has 2 aromatic heterocycles. The molecule has 32 heavy (non-hydrogen) atoms. The van der Waals surface area contributed by atoms with E-state index in [1.54, 1.807) is 24.3 Å². The summed E-state index contributed by atoms with van der Waals surface area (Å²) in [6.45, 7) is 6.83. The van der Waals surface area contributed by atoms with Gasteiger partial charge in [-0.25, -0.2) is 14.8 Å². The lowest BCUT2D eigenvalue weighted by molar-refractivity contribution is -0.131. The summed E-state index contributed by atoms with van der Waals surface area (Å²) in [5.74, 6) is -1.34. The maximum Gasteiger partial charge on any atom is 0.377 e. The van der Waals surface area contributed by atoms with Crippen LogP contribution >= 0.6 is 0 Å². The zero-order valence-corrected chi connectivity index (χ0v) is 18.4. The molecule has 0 aliphatic heterocycles. The van der Waals surface area contributed by atoms with E-state index in [9.17, 15) is 9.59 Å². The third-order valence-electron chi connectivity index (χ3n) is 5.55. The molecule has 0 bridgehead atoms. The number of hydrogen-bond acceptors (Lipinski definition) is 4. The van der Waals surface area contributed by atoms with Crippen LogP contribution in [0.1, 0.15) is 46.3 Å². The minimum absolute atomic E-state index is 0.189. The number of aliphatic carboxylic acids is 1. The molecule has 0 aliphatic rings. The van der Waals surface area contributed by atoms with Crippen molar-refractivity contribution < 1.29 is 14.7 Å². The summed E-state index contributed by atoms with van der Waals surface area (Å²) in [5.41, 5.74) is 6.60. The van der Waals surface area contributed by atoms with E-state index in [-0.39, 0.29) is 5.56 Å². The first kappa shape index (κ1) is 21.4. The number of carboxylic acids is 1. The highest BCUT2D eigenvalue weighted by atomic mass is 16.4. The Morgan fingerprint density at radius 1 is 1.00 bits per heavy atom. The predicted octanol–water partition coefficient (Wildman–Crippen LogP) is 4.98. The Balaban J connectivity index is 1.70. The Morgan fingerprint density at radius 2 is 1.72 bits per heavy atom. The van der Waals surface area contributed by atoms with Crippen molar-refractivity contribution in [2.24, 2.45) is 0 Å². The molecular formula is C26H25N3O3. The standard InChI is InChI=1S/C26H25N3O3/c1-4-7-22-28-23-16(2)14-17(3)27-25(23)29(22)15-18-10-12-19(13-11-18)20-8-5-6-9-21(20)24(30)26(31)32/h5-6,8-14H,4,7,15H2,1-3H3,(H,31,32). The van der Waals surface area contributed by atoms with Gasteiger partial charge in [-0.2, -0.15) is 0 Å². The Bertz CT molecular complexity index is 1320. The molecule has 0 aliphatic carbocycles. The minimum atomic E-state index is -1.46. The van der Waals surface area contributed by atoms with Gasteiger partial charge in [0, 0.05) is 17.7 Å². The number of imidazole rings is 1. The van der Waals surface area contributed by atoms with Gasteiger partial charge in [0.15, 0.2) is 5.65 Å². The van der Waals surface area contributed by atoms with Crippen LogP contribution in [0.5, 0.6) is 0 Å². The smallest absolute Gasteiger partial charge is 0.377 e. The maximum atomic E-state index is 12.1. The van der Waals surface area contributed by atoms with E-state index in [1.165, 1.54) is 0 Å². The highest BCUT2D eigenvalue weighted by molar-refractivity contribution is 6.41. The lowest BCUT2D eigenvalue weighted by Gasteiger charge is -2.11. The highest BCUT2D eigenvalue weighted by Gasteiger charge is 2.19. The first-order valence-corrected chi connectivity index (χ1v) is 10.7. The Labute approximate surface area is 186 Å². The second-order valence-corrected chi connectivity index (χ2v) is 7.99. The van der Waals surface area contributed by atoms with E-state index in [2.05, 4.69) is 24.5 Å². The Kier molecular flexibility index (Phi) is 5.86. The van der Waals surface area contributed by atoms with Gasteiger partial charge in [-0.1, -0.05) is 55.5 Å². The number of carboxylic acid groups (broad SMARTS) is 1. The molecule has 0 spiro atoms. The summed E-state index contributed by atoms with van der Waals surface area (Å²) in [4.78, 5) is 32.9. The van der Waals surface area contributed by atoms with Crippen molar-refractivity contribution in [1.82, 2.24) is 14.5 Å². The number of carbonyl (C=O) groups excluding carboxylic acids is 1. The van der Waals surface area contributed by atoms with Crippen molar-refractivity contribution in [3.63, 3.8) is 0 Å². The van der Waals surface area contributed by atoms with E-state index < -0.39 is 11.8 Å². The van der Waals surface area contributed by atoms with E-state index in [0.717, 1.165) is 52.2 Å². The number of nitrogens with zero attached hydrogens (tertiary/aromatic N) is 3. The van der Waals surface area contributed by atoms with Crippen LogP contribution in [-0.4, -0.2) is 31.4 Å². The van der Waals surface area contributed by atoms with Crippen molar-refractivity contribution in [3.8, 4) is 11.1 Å². The van der Waals surface area contributed by atoms with Gasteiger partial charge in [-0.05, 0) is 48.6 Å². The van der Waals surface area contributed by atoms with Crippen LogP contribution < -0.4 is 0 Å². The number of rotatable bonds is 7. The molecule has 1 N–H and O–H groups in total. The van der Waals surface area contributed by atoms with Gasteiger partial charge in [0.2, 0.25) is 0 Å². The topological polar surface area (TPSA) is 85.1 Å². The molecule has 6 nitrogen and oxygen atoms in total. The van der Waals surface area contributed by atoms with Crippen molar-refractivity contribution in [1.29, 1.82) is 0 Å². The van der Waals surface area contributed by atoms with Gasteiger partial charge < -0.3 is 9.67 Å². The number of aromatic nitrogens is 3. The van der Waals surface area contributed by atoms with Crippen LogP contribution in [0, 0.1) is 13.8 Å². The molecule has 2 heterocycles. The van der Waals surface area contributed by atoms with Crippen LogP contribution in [0.25, 0.3) is 22.3 Å². The fourth-order valence-corrected chi connectivity index (χ4v) is 4.05. The molecule has 0 saturated heterocycles. The number of benzene rings is 2. The number of fused-ring (bicyclic) bond motifs is 1. The maximum absolute atomic E-state index is 12.1. The number of hydrogen-bond donors (Lipinski definition) is 1. The van der Waals surface area contributed by atoms with Crippen LogP contribution in [0.4, 0.5) is 0 Å².